The zero-order valence-corrected chi connectivity index (χ0v) is 13.1. The van der Waals surface area contributed by atoms with E-state index in [2.05, 4.69) is 5.32 Å². The van der Waals surface area contributed by atoms with E-state index in [9.17, 15) is 18.7 Å². The fourth-order valence-electron chi connectivity index (χ4n) is 3.41. The highest BCUT2D eigenvalue weighted by atomic mass is 19.1. The average molecular weight is 335 g/mol. The first-order valence-electron chi connectivity index (χ1n) is 7.98. The number of amides is 1. The second-order valence-corrected chi connectivity index (χ2v) is 6.15. The SMILES string of the molecule is O=C(NCC(O)c1ccco1)C1(c2ccc(F)cc2F)CCCC1. The van der Waals surface area contributed by atoms with Crippen LogP contribution >= 0.6 is 0 Å². The van der Waals surface area contributed by atoms with Crippen molar-refractivity contribution in [1.82, 2.24) is 5.32 Å². The third-order valence-electron chi connectivity index (χ3n) is 4.67. The van der Waals surface area contributed by atoms with Gasteiger partial charge in [0.05, 0.1) is 18.2 Å². The van der Waals surface area contributed by atoms with E-state index >= 15 is 0 Å². The lowest BCUT2D eigenvalue weighted by molar-refractivity contribution is -0.127. The largest absolute Gasteiger partial charge is 0.467 e. The van der Waals surface area contributed by atoms with Gasteiger partial charge in [-0.05, 0) is 31.0 Å². The lowest BCUT2D eigenvalue weighted by Gasteiger charge is -2.29. The van der Waals surface area contributed by atoms with E-state index in [0.29, 0.717) is 18.6 Å². The third kappa shape index (κ3) is 3.06. The molecule has 24 heavy (non-hydrogen) atoms. The van der Waals surface area contributed by atoms with E-state index in [4.69, 9.17) is 4.42 Å². The monoisotopic (exact) mass is 335 g/mol. The molecule has 1 fully saturated rings. The summed E-state index contributed by atoms with van der Waals surface area (Å²) < 4.78 is 32.5. The van der Waals surface area contributed by atoms with Crippen molar-refractivity contribution in [3.8, 4) is 0 Å². The summed E-state index contributed by atoms with van der Waals surface area (Å²) in [6, 6.07) is 6.58. The molecule has 1 aliphatic carbocycles. The van der Waals surface area contributed by atoms with Gasteiger partial charge in [-0.25, -0.2) is 8.78 Å². The number of aliphatic hydroxyl groups excluding tert-OH is 1. The van der Waals surface area contributed by atoms with Crippen molar-refractivity contribution in [3.05, 3.63) is 59.6 Å². The number of furan rings is 1. The maximum atomic E-state index is 14.2. The van der Waals surface area contributed by atoms with Gasteiger partial charge in [0.1, 0.15) is 23.5 Å². The van der Waals surface area contributed by atoms with Crippen molar-refractivity contribution in [3.63, 3.8) is 0 Å². The van der Waals surface area contributed by atoms with Crippen LogP contribution in [0, 0.1) is 11.6 Å². The molecule has 1 atom stereocenters. The Kier molecular flexibility index (Phi) is 4.66. The molecule has 1 aliphatic rings. The molecule has 1 aromatic carbocycles. The summed E-state index contributed by atoms with van der Waals surface area (Å²) in [5.41, 5.74) is -0.799. The highest BCUT2D eigenvalue weighted by Gasteiger charge is 2.44. The molecule has 2 aromatic rings. The van der Waals surface area contributed by atoms with Gasteiger partial charge in [0.15, 0.2) is 0 Å². The van der Waals surface area contributed by atoms with Gasteiger partial charge in [-0.3, -0.25) is 4.79 Å². The van der Waals surface area contributed by atoms with Gasteiger partial charge in [0, 0.05) is 11.6 Å². The number of rotatable bonds is 5. The number of halogens is 2. The number of carbonyl (C=O) groups is 1. The van der Waals surface area contributed by atoms with Crippen LogP contribution in [0.15, 0.2) is 41.0 Å². The highest BCUT2D eigenvalue weighted by Crippen LogP contribution is 2.42. The average Bonchev–Trinajstić information content (AvgIpc) is 3.24. The Bertz CT molecular complexity index is 709. The first kappa shape index (κ1) is 16.6. The summed E-state index contributed by atoms with van der Waals surface area (Å²) in [6.07, 6.45) is 3.06. The molecule has 6 heteroatoms. The normalized spacial score (nSPS) is 17.6. The standard InChI is InChI=1S/C18H19F2NO3/c19-12-5-6-13(14(20)10-12)18(7-1-2-8-18)17(23)21-11-15(22)16-4-3-9-24-16/h3-6,9-10,15,22H,1-2,7-8,11H2,(H,21,23). The summed E-state index contributed by atoms with van der Waals surface area (Å²) in [5, 5.41) is 12.7. The van der Waals surface area contributed by atoms with Crippen molar-refractivity contribution >= 4 is 5.91 Å². The Morgan fingerprint density at radius 2 is 2.04 bits per heavy atom. The number of hydrogen-bond donors (Lipinski definition) is 2. The predicted molar refractivity (Wildman–Crippen MR) is 83.2 cm³/mol. The lowest BCUT2D eigenvalue weighted by Crippen LogP contribution is -2.44. The number of benzene rings is 1. The van der Waals surface area contributed by atoms with Gasteiger partial charge in [0.25, 0.3) is 0 Å². The van der Waals surface area contributed by atoms with E-state index < -0.39 is 23.2 Å². The highest BCUT2D eigenvalue weighted by molar-refractivity contribution is 5.88. The van der Waals surface area contributed by atoms with E-state index in [1.165, 1.54) is 18.4 Å². The molecule has 0 spiro atoms. The quantitative estimate of drug-likeness (QED) is 0.882. The van der Waals surface area contributed by atoms with Crippen LogP contribution < -0.4 is 5.32 Å². The minimum Gasteiger partial charge on any atom is -0.467 e. The first-order chi connectivity index (χ1) is 11.5. The summed E-state index contributed by atoms with van der Waals surface area (Å²) >= 11 is 0. The molecule has 4 nitrogen and oxygen atoms in total. The smallest absolute Gasteiger partial charge is 0.230 e. The minimum atomic E-state index is -1.01. The fourth-order valence-corrected chi connectivity index (χ4v) is 3.41. The predicted octanol–water partition coefficient (Wildman–Crippen LogP) is 3.22. The van der Waals surface area contributed by atoms with Gasteiger partial charge >= 0.3 is 0 Å². The van der Waals surface area contributed by atoms with E-state index in [-0.39, 0.29) is 18.0 Å². The Labute approximate surface area is 138 Å². The second-order valence-electron chi connectivity index (χ2n) is 6.15. The summed E-state index contributed by atoms with van der Waals surface area (Å²) in [7, 11) is 0. The molecule has 1 saturated carbocycles. The number of aliphatic hydroxyl groups is 1. The van der Waals surface area contributed by atoms with Crippen LogP contribution in [0.25, 0.3) is 0 Å². The molecule has 1 heterocycles. The maximum Gasteiger partial charge on any atom is 0.230 e. The zero-order chi connectivity index (χ0) is 17.2. The van der Waals surface area contributed by atoms with Gasteiger partial charge in [-0.2, -0.15) is 0 Å². The first-order valence-corrected chi connectivity index (χ1v) is 7.98. The van der Waals surface area contributed by atoms with E-state index in [1.54, 1.807) is 12.1 Å². The maximum absolute atomic E-state index is 14.2. The Morgan fingerprint density at radius 3 is 2.67 bits per heavy atom. The summed E-state index contributed by atoms with van der Waals surface area (Å²) in [4.78, 5) is 12.8. The van der Waals surface area contributed by atoms with Crippen molar-refractivity contribution in [2.45, 2.75) is 37.2 Å². The topological polar surface area (TPSA) is 62.5 Å². The molecule has 0 aliphatic heterocycles. The van der Waals surface area contributed by atoms with Crippen LogP contribution in [0.4, 0.5) is 8.78 Å². The summed E-state index contributed by atoms with van der Waals surface area (Å²) in [5.74, 6) is -1.38. The molecule has 0 bridgehead atoms. The second kappa shape index (κ2) is 6.73. The van der Waals surface area contributed by atoms with Crippen LogP contribution in [0.1, 0.15) is 43.1 Å². The lowest BCUT2D eigenvalue weighted by atomic mass is 9.77. The molecule has 2 N–H and O–H groups in total. The van der Waals surface area contributed by atoms with Crippen LogP contribution in [-0.2, 0) is 10.2 Å². The molecule has 1 unspecified atom stereocenters. The van der Waals surface area contributed by atoms with E-state index in [1.807, 2.05) is 0 Å². The molecule has 128 valence electrons. The summed E-state index contributed by atoms with van der Waals surface area (Å²) in [6.45, 7) is -0.0308. The van der Waals surface area contributed by atoms with Gasteiger partial charge in [-0.15, -0.1) is 0 Å². The number of nitrogens with one attached hydrogen (secondary N) is 1. The van der Waals surface area contributed by atoms with Crippen molar-refractivity contribution < 1.29 is 23.1 Å². The van der Waals surface area contributed by atoms with Crippen molar-refractivity contribution in [1.29, 1.82) is 0 Å². The molecule has 1 aromatic heterocycles. The molecule has 3 rings (SSSR count). The molecule has 0 radical (unpaired) electrons. The van der Waals surface area contributed by atoms with Crippen LogP contribution in [0.5, 0.6) is 0 Å². The van der Waals surface area contributed by atoms with Crippen molar-refractivity contribution in [2.24, 2.45) is 0 Å². The fraction of sp³-hybridized carbons (Fsp3) is 0.389. The number of carbonyl (C=O) groups excluding carboxylic acids is 1. The van der Waals surface area contributed by atoms with Crippen LogP contribution in [0.2, 0.25) is 0 Å². The minimum absolute atomic E-state index is 0.0308. The van der Waals surface area contributed by atoms with E-state index in [0.717, 1.165) is 18.9 Å². The molecule has 0 saturated heterocycles. The van der Waals surface area contributed by atoms with Gasteiger partial charge in [-0.1, -0.05) is 18.9 Å². The van der Waals surface area contributed by atoms with Gasteiger partial charge in [0.2, 0.25) is 5.91 Å². The van der Waals surface area contributed by atoms with Crippen molar-refractivity contribution in [2.75, 3.05) is 6.54 Å². The van der Waals surface area contributed by atoms with Crippen LogP contribution in [0.3, 0.4) is 0 Å². The number of hydrogen-bond acceptors (Lipinski definition) is 3. The Hall–Kier alpha value is -2.21. The molecular formula is C18H19F2NO3. The third-order valence-corrected chi connectivity index (χ3v) is 4.67. The molecule has 1 amide bonds. The van der Waals surface area contributed by atoms with Gasteiger partial charge < -0.3 is 14.8 Å². The Morgan fingerprint density at radius 1 is 1.29 bits per heavy atom. The van der Waals surface area contributed by atoms with Crippen LogP contribution in [-0.4, -0.2) is 17.6 Å². The molecular weight excluding hydrogens is 316 g/mol. The zero-order valence-electron chi connectivity index (χ0n) is 13.1. The Balaban J connectivity index is 1.78.